The highest BCUT2D eigenvalue weighted by molar-refractivity contribution is 6.11. The molecule has 3 atom stereocenters. The second-order valence-corrected chi connectivity index (χ2v) is 7.38. The van der Waals surface area contributed by atoms with Crippen molar-refractivity contribution in [1.82, 2.24) is 0 Å². The number of aliphatic hydroxyl groups excluding tert-OH is 1. The van der Waals surface area contributed by atoms with Crippen LogP contribution in [0.2, 0.25) is 0 Å². The molecule has 0 radical (unpaired) electrons. The van der Waals surface area contributed by atoms with Crippen LogP contribution in [-0.4, -0.2) is 44.0 Å². The van der Waals surface area contributed by atoms with Gasteiger partial charge in [-0.1, -0.05) is 32.0 Å². The number of aliphatic hydroxyl groups is 1. The van der Waals surface area contributed by atoms with E-state index in [2.05, 4.69) is 0 Å². The number of hydrogen-bond acceptors (Lipinski definition) is 6. The van der Waals surface area contributed by atoms with Crippen molar-refractivity contribution in [3.05, 3.63) is 53.6 Å². The van der Waals surface area contributed by atoms with E-state index in [0.717, 1.165) is 0 Å². The summed E-state index contributed by atoms with van der Waals surface area (Å²) < 4.78 is 16.8. The molecule has 0 fully saturated rings. The van der Waals surface area contributed by atoms with Gasteiger partial charge in [0.25, 0.3) is 5.91 Å². The third kappa shape index (κ3) is 4.07. The van der Waals surface area contributed by atoms with Gasteiger partial charge in [0.2, 0.25) is 0 Å². The Hall–Kier alpha value is -2.61. The van der Waals surface area contributed by atoms with Crippen molar-refractivity contribution in [3.8, 4) is 11.5 Å². The molecule has 7 heteroatoms. The van der Waals surface area contributed by atoms with Gasteiger partial charge in [-0.25, -0.2) is 0 Å². The van der Waals surface area contributed by atoms with Gasteiger partial charge in [-0.15, -0.1) is 0 Å². The molecule has 0 saturated carbocycles. The Morgan fingerprint density at radius 3 is 2.31 bits per heavy atom. The summed E-state index contributed by atoms with van der Waals surface area (Å²) in [7, 11) is 3.06. The van der Waals surface area contributed by atoms with Gasteiger partial charge >= 0.3 is 0 Å². The van der Waals surface area contributed by atoms with Gasteiger partial charge in [0, 0.05) is 17.3 Å². The molecule has 2 aromatic rings. The van der Waals surface area contributed by atoms with E-state index >= 15 is 0 Å². The van der Waals surface area contributed by atoms with E-state index in [1.165, 1.54) is 14.2 Å². The molecule has 29 heavy (non-hydrogen) atoms. The van der Waals surface area contributed by atoms with Gasteiger partial charge in [0.15, 0.2) is 17.7 Å². The normalized spacial score (nSPS) is 18.0. The number of rotatable bonds is 8. The summed E-state index contributed by atoms with van der Waals surface area (Å²) in [5.41, 5.74) is 7.87. The van der Waals surface area contributed by atoms with E-state index < -0.39 is 18.4 Å². The lowest BCUT2D eigenvalue weighted by atomic mass is 10.0. The number of carbonyl (C=O) groups is 1. The van der Waals surface area contributed by atoms with Crippen molar-refractivity contribution in [3.63, 3.8) is 0 Å². The number of para-hydroxylation sites is 1. The molecule has 7 nitrogen and oxygen atoms in total. The summed E-state index contributed by atoms with van der Waals surface area (Å²) in [6.45, 7) is 3.87. The topological polar surface area (TPSA) is 94.2 Å². The van der Waals surface area contributed by atoms with Crippen molar-refractivity contribution in [2.45, 2.75) is 32.2 Å². The predicted octanol–water partition coefficient (Wildman–Crippen LogP) is 2.72. The highest BCUT2D eigenvalue weighted by atomic mass is 16.5. The number of hydrogen-bond donors (Lipinski definition) is 2. The molecule has 0 spiro atoms. The minimum atomic E-state index is -0.855. The number of benzene rings is 2. The maximum atomic E-state index is 13.2. The molecule has 3 rings (SSSR count). The fraction of sp³-hybridized carbons (Fsp3) is 0.409. The van der Waals surface area contributed by atoms with Crippen LogP contribution in [-0.2, 0) is 4.74 Å². The number of nitrogens with two attached hydrogens (primary N) is 1. The number of ether oxygens (including phenoxy) is 3. The zero-order chi connectivity index (χ0) is 21.1. The van der Waals surface area contributed by atoms with Crippen molar-refractivity contribution >= 4 is 11.6 Å². The van der Waals surface area contributed by atoms with Gasteiger partial charge in [0.05, 0.1) is 32.5 Å². The Morgan fingerprint density at radius 1 is 1.10 bits per heavy atom. The predicted molar refractivity (Wildman–Crippen MR) is 110 cm³/mol. The SMILES string of the molecule is COc1cc2c(cc1OC)C(OCC(O)C(N)C(C)C)N(c1ccccc1)C2=O. The Labute approximate surface area is 171 Å². The molecular formula is C22H28N2O5. The quantitative estimate of drug-likeness (QED) is 0.708. The van der Waals surface area contributed by atoms with Crippen LogP contribution in [0.5, 0.6) is 11.5 Å². The average Bonchev–Trinajstić information content (AvgIpc) is 3.01. The Balaban J connectivity index is 1.99. The summed E-state index contributed by atoms with van der Waals surface area (Å²) in [5.74, 6) is 0.859. The second kappa shape index (κ2) is 8.82. The standard InChI is InChI=1S/C22H28N2O5/c1-13(2)20(23)17(25)12-29-22-16-11-19(28-4)18(27-3)10-15(16)21(26)24(22)14-8-6-5-7-9-14/h5-11,13,17,20,22,25H,12,23H2,1-4H3. The second-order valence-electron chi connectivity index (χ2n) is 7.38. The molecule has 156 valence electrons. The fourth-order valence-electron chi connectivity index (χ4n) is 3.41. The number of carbonyl (C=O) groups excluding carboxylic acids is 1. The lowest BCUT2D eigenvalue weighted by molar-refractivity contribution is -0.0215. The van der Waals surface area contributed by atoms with Crippen LogP contribution in [0.4, 0.5) is 5.69 Å². The van der Waals surface area contributed by atoms with Crippen LogP contribution < -0.4 is 20.1 Å². The summed E-state index contributed by atoms with van der Waals surface area (Å²) in [6.07, 6.45) is -1.57. The Bertz CT molecular complexity index is 856. The highest BCUT2D eigenvalue weighted by Crippen LogP contribution is 2.43. The van der Waals surface area contributed by atoms with E-state index in [1.54, 1.807) is 17.0 Å². The third-order valence-corrected chi connectivity index (χ3v) is 5.18. The molecule has 1 aliphatic heterocycles. The molecule has 1 aliphatic rings. The minimum absolute atomic E-state index is 0.00554. The first-order chi connectivity index (χ1) is 13.9. The molecule has 0 aliphatic carbocycles. The lowest BCUT2D eigenvalue weighted by Gasteiger charge is -2.28. The van der Waals surface area contributed by atoms with Crippen molar-refractivity contribution < 1.29 is 24.1 Å². The average molecular weight is 400 g/mol. The third-order valence-electron chi connectivity index (χ3n) is 5.18. The smallest absolute Gasteiger partial charge is 0.261 e. The van der Waals surface area contributed by atoms with Crippen molar-refractivity contribution in [2.24, 2.45) is 11.7 Å². The highest BCUT2D eigenvalue weighted by Gasteiger charge is 2.40. The van der Waals surface area contributed by atoms with Gasteiger partial charge in [-0.3, -0.25) is 9.69 Å². The number of amides is 1. The maximum absolute atomic E-state index is 13.2. The summed E-state index contributed by atoms with van der Waals surface area (Å²) >= 11 is 0. The van der Waals surface area contributed by atoms with Gasteiger partial charge in [0.1, 0.15) is 0 Å². The van der Waals surface area contributed by atoms with E-state index in [9.17, 15) is 9.90 Å². The minimum Gasteiger partial charge on any atom is -0.493 e. The number of anilines is 1. The van der Waals surface area contributed by atoms with Crippen LogP contribution in [0.15, 0.2) is 42.5 Å². The molecule has 0 saturated heterocycles. The molecule has 3 unspecified atom stereocenters. The van der Waals surface area contributed by atoms with Crippen LogP contribution in [0.1, 0.15) is 36.0 Å². The molecule has 3 N–H and O–H groups in total. The van der Waals surface area contributed by atoms with E-state index in [4.69, 9.17) is 19.9 Å². The zero-order valence-corrected chi connectivity index (χ0v) is 17.2. The monoisotopic (exact) mass is 400 g/mol. The van der Waals surface area contributed by atoms with Gasteiger partial charge in [-0.05, 0) is 30.2 Å². The first-order valence-corrected chi connectivity index (χ1v) is 9.58. The maximum Gasteiger partial charge on any atom is 0.261 e. The Kier molecular flexibility index (Phi) is 6.42. The summed E-state index contributed by atoms with van der Waals surface area (Å²) in [6, 6.07) is 12.2. The van der Waals surface area contributed by atoms with Crippen LogP contribution in [0, 0.1) is 5.92 Å². The molecule has 2 aromatic carbocycles. The summed E-state index contributed by atoms with van der Waals surface area (Å²) in [5, 5.41) is 10.4. The Morgan fingerprint density at radius 2 is 1.72 bits per heavy atom. The number of fused-ring (bicyclic) bond motifs is 1. The molecule has 1 amide bonds. The largest absolute Gasteiger partial charge is 0.493 e. The van der Waals surface area contributed by atoms with Gasteiger partial charge in [-0.2, -0.15) is 0 Å². The number of methoxy groups -OCH3 is 2. The van der Waals surface area contributed by atoms with Crippen molar-refractivity contribution in [1.29, 1.82) is 0 Å². The number of nitrogens with zero attached hydrogens (tertiary/aromatic N) is 1. The first-order valence-electron chi connectivity index (χ1n) is 9.58. The van der Waals surface area contributed by atoms with Crippen molar-refractivity contribution in [2.75, 3.05) is 25.7 Å². The van der Waals surface area contributed by atoms with E-state index in [1.807, 2.05) is 44.2 Å². The molecule has 1 heterocycles. The van der Waals surface area contributed by atoms with E-state index in [0.29, 0.717) is 28.3 Å². The van der Waals surface area contributed by atoms with Crippen LogP contribution in [0.3, 0.4) is 0 Å². The molecular weight excluding hydrogens is 372 g/mol. The lowest BCUT2D eigenvalue weighted by Crippen LogP contribution is -2.43. The fourth-order valence-corrected chi connectivity index (χ4v) is 3.41. The van der Waals surface area contributed by atoms with E-state index in [-0.39, 0.29) is 18.4 Å². The van der Waals surface area contributed by atoms with Crippen LogP contribution >= 0.6 is 0 Å². The molecule has 0 aromatic heterocycles. The van der Waals surface area contributed by atoms with Gasteiger partial charge < -0.3 is 25.1 Å². The molecule has 0 bridgehead atoms. The summed E-state index contributed by atoms with van der Waals surface area (Å²) in [4.78, 5) is 14.8. The first kappa shape index (κ1) is 21.1. The van der Waals surface area contributed by atoms with Crippen LogP contribution in [0.25, 0.3) is 0 Å². The zero-order valence-electron chi connectivity index (χ0n) is 17.2.